The Hall–Kier alpha value is -3.13. The minimum Gasteiger partial charge on any atom is -0.382 e. The van der Waals surface area contributed by atoms with Crippen LogP contribution in [0.15, 0.2) is 42.5 Å². The highest BCUT2D eigenvalue weighted by Gasteiger charge is 2.54. The second kappa shape index (κ2) is 7.95. The minimum absolute atomic E-state index is 0.0191. The number of nitrogens with one attached hydrogen (secondary N) is 1. The van der Waals surface area contributed by atoms with Crippen LogP contribution in [0.1, 0.15) is 16.1 Å². The molecule has 8 heteroatoms. The number of nitrogens with zero attached hydrogens (tertiary/aromatic N) is 4. The Morgan fingerprint density at radius 3 is 2.60 bits per heavy atom. The summed E-state index contributed by atoms with van der Waals surface area (Å²) in [4.78, 5) is 31.6. The number of nitrogen functional groups attached to an aromatic ring is 1. The van der Waals surface area contributed by atoms with E-state index < -0.39 is 0 Å². The van der Waals surface area contributed by atoms with E-state index in [0.29, 0.717) is 37.7 Å². The molecule has 2 atom stereocenters. The lowest BCUT2D eigenvalue weighted by Gasteiger charge is -2.31. The maximum Gasteiger partial charge on any atom is 0.271 e. The van der Waals surface area contributed by atoms with Crippen LogP contribution < -0.4 is 5.73 Å². The number of H-pyrrole nitrogens is 1. The van der Waals surface area contributed by atoms with Gasteiger partial charge in [0.15, 0.2) is 0 Å². The van der Waals surface area contributed by atoms with E-state index in [1.54, 1.807) is 12.1 Å². The van der Waals surface area contributed by atoms with Gasteiger partial charge in [0.2, 0.25) is 5.91 Å². The largest absolute Gasteiger partial charge is 0.382 e. The van der Waals surface area contributed by atoms with Crippen molar-refractivity contribution in [1.29, 1.82) is 0 Å². The maximum atomic E-state index is 12.9. The molecule has 0 radical (unpaired) electrons. The molecule has 8 nitrogen and oxygen atoms in total. The molecule has 2 aromatic rings. The van der Waals surface area contributed by atoms with Gasteiger partial charge in [0.1, 0.15) is 11.5 Å². The summed E-state index contributed by atoms with van der Waals surface area (Å²) in [5.74, 6) is 0.472. The van der Waals surface area contributed by atoms with Crippen LogP contribution in [0.2, 0.25) is 0 Å². The number of anilines is 1. The number of hydrogen-bond donors (Lipinski definition) is 2. The van der Waals surface area contributed by atoms with Crippen molar-refractivity contribution in [2.24, 2.45) is 11.3 Å². The van der Waals surface area contributed by atoms with E-state index in [0.717, 1.165) is 12.1 Å². The van der Waals surface area contributed by atoms with Gasteiger partial charge in [0, 0.05) is 56.2 Å². The lowest BCUT2D eigenvalue weighted by atomic mass is 9.80. The van der Waals surface area contributed by atoms with Crippen LogP contribution in [0.25, 0.3) is 6.08 Å². The fourth-order valence-corrected chi connectivity index (χ4v) is 4.81. The Kier molecular flexibility index (Phi) is 5.34. The van der Waals surface area contributed by atoms with Crippen LogP contribution in [0, 0.1) is 11.3 Å². The maximum absolute atomic E-state index is 12.9. The van der Waals surface area contributed by atoms with Crippen molar-refractivity contribution in [3.05, 3.63) is 53.7 Å². The van der Waals surface area contributed by atoms with Crippen LogP contribution >= 0.6 is 0 Å². The molecule has 3 N–H and O–H groups in total. The van der Waals surface area contributed by atoms with Crippen LogP contribution in [0.3, 0.4) is 0 Å². The number of amides is 2. The quantitative estimate of drug-likeness (QED) is 0.724. The highest BCUT2D eigenvalue weighted by Crippen LogP contribution is 2.43. The van der Waals surface area contributed by atoms with Gasteiger partial charge in [0.25, 0.3) is 5.91 Å². The van der Waals surface area contributed by atoms with Gasteiger partial charge < -0.3 is 20.4 Å². The van der Waals surface area contributed by atoms with Crippen LogP contribution in [0.4, 0.5) is 5.82 Å². The van der Waals surface area contributed by atoms with E-state index in [1.807, 2.05) is 60.3 Å². The summed E-state index contributed by atoms with van der Waals surface area (Å²) in [6.45, 7) is 3.35. The molecular weight excluding hydrogens is 380 g/mol. The van der Waals surface area contributed by atoms with Crippen molar-refractivity contribution < 1.29 is 9.59 Å². The third-order valence-corrected chi connectivity index (χ3v) is 6.04. The number of aromatic nitrogens is 2. The fraction of sp³-hybridized carbons (Fsp3) is 0.409. The first-order valence-electron chi connectivity index (χ1n) is 10.1. The first-order chi connectivity index (χ1) is 14.4. The van der Waals surface area contributed by atoms with Crippen LogP contribution in [0.5, 0.6) is 0 Å². The van der Waals surface area contributed by atoms with Crippen molar-refractivity contribution in [3.63, 3.8) is 0 Å². The Labute approximate surface area is 176 Å². The summed E-state index contributed by atoms with van der Waals surface area (Å²) in [5.41, 5.74) is 6.92. The molecule has 2 aliphatic heterocycles. The summed E-state index contributed by atoms with van der Waals surface area (Å²) >= 11 is 0. The molecule has 1 aromatic heterocycles. The molecule has 2 aliphatic rings. The van der Waals surface area contributed by atoms with E-state index in [1.165, 1.54) is 0 Å². The average molecular weight is 409 g/mol. The monoisotopic (exact) mass is 408 g/mol. The number of fused-ring (bicyclic) bond motifs is 1. The number of likely N-dealkylation sites (tertiary alicyclic amines) is 2. The summed E-state index contributed by atoms with van der Waals surface area (Å²) in [5, 5.41) is 6.57. The fourth-order valence-electron chi connectivity index (χ4n) is 4.81. The molecule has 3 heterocycles. The minimum atomic E-state index is -0.138. The summed E-state index contributed by atoms with van der Waals surface area (Å²) in [6.07, 6.45) is 3.50. The van der Waals surface area contributed by atoms with E-state index in [-0.39, 0.29) is 23.1 Å². The Bertz CT molecular complexity index is 954. The zero-order valence-electron chi connectivity index (χ0n) is 17.4. The molecule has 0 spiro atoms. The molecule has 2 amide bonds. The van der Waals surface area contributed by atoms with Crippen molar-refractivity contribution in [2.45, 2.75) is 0 Å². The molecule has 30 heavy (non-hydrogen) atoms. The molecular formula is C22H28N6O2. The first-order valence-corrected chi connectivity index (χ1v) is 10.1. The van der Waals surface area contributed by atoms with Gasteiger partial charge in [-0.15, -0.1) is 0 Å². The number of carbonyl (C=O) groups excluding carboxylic acids is 2. The van der Waals surface area contributed by atoms with Crippen LogP contribution in [-0.2, 0) is 4.79 Å². The number of carbonyl (C=O) groups is 2. The lowest BCUT2D eigenvalue weighted by molar-refractivity contribution is -0.125. The van der Waals surface area contributed by atoms with Crippen molar-refractivity contribution >= 4 is 23.7 Å². The molecule has 1 aromatic carbocycles. The van der Waals surface area contributed by atoms with Gasteiger partial charge in [-0.25, -0.2) is 0 Å². The molecule has 0 saturated carbocycles. The molecule has 0 bridgehead atoms. The standard InChI is InChI=1S/C22H28N6O2/c1-26(2)13-22-14-27(20(29)9-8-16-6-4-3-5-7-16)11-17(22)12-28(15-22)21(30)18-10-19(23)25-24-18/h3-10,17H,11-15H2,1-2H3,(H3,23,24,25)/t17-,22+/m1/s1. The van der Waals surface area contributed by atoms with E-state index in [9.17, 15) is 9.59 Å². The van der Waals surface area contributed by atoms with Gasteiger partial charge in [-0.2, -0.15) is 5.10 Å². The second-order valence-corrected chi connectivity index (χ2v) is 8.65. The van der Waals surface area contributed by atoms with Crippen LogP contribution in [-0.4, -0.2) is 83.5 Å². The number of nitrogens with two attached hydrogens (primary N) is 1. The second-order valence-electron chi connectivity index (χ2n) is 8.65. The SMILES string of the molecule is CN(C)C[C@@]12CN(C(=O)C=Cc3ccccc3)C[C@@H]1CN(C(=O)c1cc(N)n[nH]1)C2. The number of benzene rings is 1. The van der Waals surface area contributed by atoms with Gasteiger partial charge in [0.05, 0.1) is 0 Å². The van der Waals surface area contributed by atoms with E-state index in [4.69, 9.17) is 5.73 Å². The van der Waals surface area contributed by atoms with E-state index >= 15 is 0 Å². The molecule has 2 fully saturated rings. The Morgan fingerprint density at radius 1 is 1.23 bits per heavy atom. The third kappa shape index (κ3) is 3.95. The van der Waals surface area contributed by atoms with Gasteiger partial charge in [-0.3, -0.25) is 14.7 Å². The normalized spacial score (nSPS) is 23.5. The first kappa shape index (κ1) is 20.2. The van der Waals surface area contributed by atoms with Crippen molar-refractivity contribution in [2.75, 3.05) is 52.6 Å². The van der Waals surface area contributed by atoms with Gasteiger partial charge in [-0.1, -0.05) is 30.3 Å². The highest BCUT2D eigenvalue weighted by atomic mass is 16.2. The van der Waals surface area contributed by atoms with Gasteiger partial charge >= 0.3 is 0 Å². The van der Waals surface area contributed by atoms with Gasteiger partial charge in [-0.05, 0) is 25.7 Å². The zero-order valence-corrected chi connectivity index (χ0v) is 17.4. The zero-order chi connectivity index (χ0) is 21.3. The van der Waals surface area contributed by atoms with Crippen molar-refractivity contribution in [3.8, 4) is 0 Å². The predicted molar refractivity (Wildman–Crippen MR) is 115 cm³/mol. The molecule has 0 unspecified atom stereocenters. The molecule has 4 rings (SSSR count). The summed E-state index contributed by atoms with van der Waals surface area (Å²) < 4.78 is 0. The predicted octanol–water partition coefficient (Wildman–Crippen LogP) is 1.17. The lowest BCUT2D eigenvalue weighted by Crippen LogP contribution is -2.43. The van der Waals surface area contributed by atoms with Crippen molar-refractivity contribution in [1.82, 2.24) is 24.9 Å². The highest BCUT2D eigenvalue weighted by molar-refractivity contribution is 5.94. The Morgan fingerprint density at radius 2 is 1.93 bits per heavy atom. The third-order valence-electron chi connectivity index (χ3n) is 6.04. The number of hydrogen-bond acceptors (Lipinski definition) is 5. The summed E-state index contributed by atoms with van der Waals surface area (Å²) in [7, 11) is 4.07. The van der Waals surface area contributed by atoms with E-state index in [2.05, 4.69) is 15.1 Å². The molecule has 158 valence electrons. The smallest absolute Gasteiger partial charge is 0.271 e. The summed E-state index contributed by atoms with van der Waals surface area (Å²) in [6, 6.07) is 11.4. The molecule has 0 aliphatic carbocycles. The topological polar surface area (TPSA) is 98.6 Å². The Balaban J connectivity index is 1.48. The molecule has 2 saturated heterocycles. The number of aromatic amines is 1. The average Bonchev–Trinajstić information content (AvgIpc) is 3.38. The number of rotatable bonds is 5.